The molecule has 1 aliphatic heterocycles. The highest BCUT2D eigenvalue weighted by Crippen LogP contribution is 2.41. The number of aromatic nitrogens is 1. The maximum Gasteiger partial charge on any atom is 0.433 e. The predicted molar refractivity (Wildman–Crippen MR) is 115 cm³/mol. The number of fused-ring (bicyclic) bond motifs is 1. The maximum atomic E-state index is 13.7. The molecule has 1 saturated heterocycles. The molecule has 190 valence electrons. The molecule has 2 aromatic rings. The second-order valence-electron chi connectivity index (χ2n) is 8.41. The number of pyridine rings is 1. The Morgan fingerprint density at radius 1 is 1.21 bits per heavy atom. The van der Waals surface area contributed by atoms with Crippen LogP contribution in [0.2, 0.25) is 0 Å². The molecule has 34 heavy (non-hydrogen) atoms. The van der Waals surface area contributed by atoms with Gasteiger partial charge in [0.2, 0.25) is 0 Å². The van der Waals surface area contributed by atoms with Gasteiger partial charge in [-0.1, -0.05) is 25.5 Å². The van der Waals surface area contributed by atoms with Gasteiger partial charge in [0.1, 0.15) is 5.69 Å². The summed E-state index contributed by atoms with van der Waals surface area (Å²) >= 11 is -2.68. The predicted octanol–water partition coefficient (Wildman–Crippen LogP) is 6.16. The van der Waals surface area contributed by atoms with Crippen molar-refractivity contribution in [1.29, 1.82) is 0 Å². The average Bonchev–Trinajstić information content (AvgIpc) is 2.75. The van der Waals surface area contributed by atoms with E-state index in [9.17, 15) is 30.6 Å². The molecule has 0 aliphatic carbocycles. The highest BCUT2D eigenvalue weighted by molar-refractivity contribution is 7.74. The Morgan fingerprint density at radius 2 is 1.94 bits per heavy atom. The smallest absolute Gasteiger partial charge is 0.300 e. The molecule has 3 unspecified atom stereocenters. The first-order valence-corrected chi connectivity index (χ1v) is 12.0. The minimum absolute atomic E-state index is 0.0316. The summed E-state index contributed by atoms with van der Waals surface area (Å²) in [5.41, 5.74) is -3.55. The largest absolute Gasteiger partial charge is 0.433 e. The summed E-state index contributed by atoms with van der Waals surface area (Å²) in [7, 11) is 0. The summed E-state index contributed by atoms with van der Waals surface area (Å²) in [6, 6.07) is 3.80. The number of alkyl halides is 6. The molecule has 1 N–H and O–H groups in total. The molecule has 3 rings (SSSR count). The molecule has 0 saturated carbocycles. The standard InChI is InChI=1S/C22H26F6N2O3S/c1-2-9-30-10-4-3-6-15(30)11-14(13-33-34(31)32)17-12-19(22(26,27)28)29-20-16(17)7-5-8-18(20)21(23,24)25/h5,7-8,12,14-15H,2-4,6,9-11,13H2,1H3,(H,31,32). The number of halogens is 6. The average molecular weight is 513 g/mol. The molecule has 12 heteroatoms. The van der Waals surface area contributed by atoms with E-state index >= 15 is 0 Å². The Bertz CT molecular complexity index is 1010. The number of benzene rings is 1. The third-order valence-electron chi connectivity index (χ3n) is 6.09. The maximum absolute atomic E-state index is 13.7. The summed E-state index contributed by atoms with van der Waals surface area (Å²) < 4.78 is 107. The monoisotopic (exact) mass is 512 g/mol. The molecule has 0 spiro atoms. The van der Waals surface area contributed by atoms with Crippen molar-refractivity contribution in [3.8, 4) is 0 Å². The molecule has 5 nitrogen and oxygen atoms in total. The summed E-state index contributed by atoms with van der Waals surface area (Å²) in [5.74, 6) is -0.853. The Labute approximate surface area is 196 Å². The van der Waals surface area contributed by atoms with Crippen LogP contribution >= 0.6 is 0 Å². The van der Waals surface area contributed by atoms with Crippen LogP contribution < -0.4 is 0 Å². The van der Waals surface area contributed by atoms with Crippen molar-refractivity contribution in [2.45, 2.75) is 63.3 Å². The van der Waals surface area contributed by atoms with Crippen LogP contribution in [0.1, 0.15) is 61.8 Å². The topological polar surface area (TPSA) is 62.7 Å². The van der Waals surface area contributed by atoms with E-state index in [0.29, 0.717) is 6.07 Å². The fourth-order valence-electron chi connectivity index (χ4n) is 4.65. The minimum atomic E-state index is -4.98. The van der Waals surface area contributed by atoms with Gasteiger partial charge >= 0.3 is 23.7 Å². The van der Waals surface area contributed by atoms with Gasteiger partial charge < -0.3 is 4.90 Å². The highest BCUT2D eigenvalue weighted by Gasteiger charge is 2.38. The van der Waals surface area contributed by atoms with Crippen LogP contribution in [-0.2, 0) is 27.9 Å². The van der Waals surface area contributed by atoms with Crippen LogP contribution in [0.3, 0.4) is 0 Å². The van der Waals surface area contributed by atoms with Gasteiger partial charge in [0.15, 0.2) is 0 Å². The van der Waals surface area contributed by atoms with Crippen LogP contribution in [0.4, 0.5) is 26.3 Å². The number of para-hydroxylation sites is 1. The minimum Gasteiger partial charge on any atom is -0.300 e. The van der Waals surface area contributed by atoms with E-state index in [1.165, 1.54) is 6.07 Å². The SMILES string of the molecule is CCCN1CCCCC1CC(COS(=O)O)c1cc(C(F)(F)F)nc2c(C(F)(F)F)cccc12. The fourth-order valence-corrected chi connectivity index (χ4v) is 4.93. The van der Waals surface area contributed by atoms with Crippen molar-refractivity contribution in [3.63, 3.8) is 0 Å². The zero-order valence-corrected chi connectivity index (χ0v) is 19.3. The van der Waals surface area contributed by atoms with Crippen LogP contribution in [0.25, 0.3) is 10.9 Å². The zero-order chi connectivity index (χ0) is 25.1. The first-order valence-electron chi connectivity index (χ1n) is 11.0. The Morgan fingerprint density at radius 3 is 2.56 bits per heavy atom. The van der Waals surface area contributed by atoms with Gasteiger partial charge in [0.25, 0.3) is 0 Å². The van der Waals surface area contributed by atoms with E-state index in [1.807, 2.05) is 6.92 Å². The van der Waals surface area contributed by atoms with Crippen LogP contribution in [0, 0.1) is 0 Å². The molecule has 1 aromatic heterocycles. The molecule has 0 radical (unpaired) electrons. The van der Waals surface area contributed by atoms with Crippen LogP contribution in [0.5, 0.6) is 0 Å². The Hall–Kier alpha value is -1.76. The Balaban J connectivity index is 2.16. The van der Waals surface area contributed by atoms with Gasteiger partial charge in [0, 0.05) is 17.3 Å². The molecule has 1 fully saturated rings. The second-order valence-corrected chi connectivity index (χ2v) is 9.08. The number of piperidine rings is 1. The second kappa shape index (κ2) is 10.9. The molecule has 2 heterocycles. The molecular formula is C22H26F6N2O3S. The lowest BCUT2D eigenvalue weighted by Gasteiger charge is -2.37. The number of hydrogen-bond acceptors (Lipinski definition) is 4. The van der Waals surface area contributed by atoms with Gasteiger partial charge in [-0.15, -0.1) is 0 Å². The van der Waals surface area contributed by atoms with E-state index in [1.54, 1.807) is 0 Å². The van der Waals surface area contributed by atoms with E-state index in [4.69, 9.17) is 8.74 Å². The number of rotatable bonds is 8. The normalized spacial score (nSPS) is 19.9. The lowest BCUT2D eigenvalue weighted by molar-refractivity contribution is -0.142. The lowest BCUT2D eigenvalue weighted by Crippen LogP contribution is -2.41. The lowest BCUT2D eigenvalue weighted by atomic mass is 9.86. The molecule has 0 bridgehead atoms. The molecule has 0 amide bonds. The summed E-state index contributed by atoms with van der Waals surface area (Å²) in [4.78, 5) is 5.55. The number of hydrogen-bond donors (Lipinski definition) is 1. The van der Waals surface area contributed by atoms with Gasteiger partial charge in [-0.05, 0) is 56.5 Å². The van der Waals surface area contributed by atoms with E-state index in [-0.39, 0.29) is 23.4 Å². The zero-order valence-electron chi connectivity index (χ0n) is 18.5. The van der Waals surface area contributed by atoms with Crippen molar-refractivity contribution in [3.05, 3.63) is 41.1 Å². The van der Waals surface area contributed by atoms with E-state index in [0.717, 1.165) is 50.9 Å². The first-order chi connectivity index (χ1) is 15.9. The quantitative estimate of drug-likeness (QED) is 0.339. The summed E-state index contributed by atoms with van der Waals surface area (Å²) in [6.07, 6.45) is -6.10. The molecule has 1 aliphatic rings. The third kappa shape index (κ3) is 6.46. The highest BCUT2D eigenvalue weighted by atomic mass is 32.2. The van der Waals surface area contributed by atoms with Crippen molar-refractivity contribution >= 4 is 22.3 Å². The van der Waals surface area contributed by atoms with Crippen molar-refractivity contribution in [1.82, 2.24) is 9.88 Å². The molecule has 1 aromatic carbocycles. The summed E-state index contributed by atoms with van der Waals surface area (Å²) in [6.45, 7) is 3.16. The van der Waals surface area contributed by atoms with Gasteiger partial charge in [-0.25, -0.2) is 4.98 Å². The van der Waals surface area contributed by atoms with Crippen molar-refractivity contribution in [2.24, 2.45) is 0 Å². The third-order valence-corrected chi connectivity index (χ3v) is 6.43. The van der Waals surface area contributed by atoms with E-state index in [2.05, 4.69) is 9.88 Å². The molecule has 3 atom stereocenters. The van der Waals surface area contributed by atoms with Crippen molar-refractivity contribution < 1.29 is 39.3 Å². The van der Waals surface area contributed by atoms with Gasteiger partial charge in [0.05, 0.1) is 17.7 Å². The molecular weight excluding hydrogens is 486 g/mol. The number of nitrogens with zero attached hydrogens (tertiary/aromatic N) is 2. The van der Waals surface area contributed by atoms with Gasteiger partial charge in [-0.2, -0.15) is 30.6 Å². The summed E-state index contributed by atoms with van der Waals surface area (Å²) in [5, 5.41) is -0.0852. The van der Waals surface area contributed by atoms with E-state index < -0.39 is 53.0 Å². The fraction of sp³-hybridized carbons (Fsp3) is 0.591. The number of likely N-dealkylation sites (tertiary alicyclic amines) is 1. The van der Waals surface area contributed by atoms with Crippen LogP contribution in [-0.4, -0.2) is 44.4 Å². The first kappa shape index (κ1) is 26.8. The van der Waals surface area contributed by atoms with Gasteiger partial charge in [-0.3, -0.25) is 8.74 Å². The van der Waals surface area contributed by atoms with Crippen LogP contribution in [0.15, 0.2) is 24.3 Å². The Kier molecular flexibility index (Phi) is 8.59. The van der Waals surface area contributed by atoms with Crippen molar-refractivity contribution in [2.75, 3.05) is 19.7 Å².